The van der Waals surface area contributed by atoms with Gasteiger partial charge in [-0.3, -0.25) is 4.79 Å². The predicted molar refractivity (Wildman–Crippen MR) is 74.3 cm³/mol. The summed E-state index contributed by atoms with van der Waals surface area (Å²) in [5.41, 5.74) is 0. The van der Waals surface area contributed by atoms with Crippen LogP contribution >= 0.6 is 0 Å². The molecule has 0 spiro atoms. The van der Waals surface area contributed by atoms with Crippen LogP contribution < -0.4 is 10.6 Å². The van der Waals surface area contributed by atoms with Crippen LogP contribution in [-0.2, 0) is 4.79 Å². The number of carbonyl (C=O) groups is 1. The molecule has 2 fully saturated rings. The average Bonchev–Trinajstić information content (AvgIpc) is 2.90. The summed E-state index contributed by atoms with van der Waals surface area (Å²) in [7, 11) is 0. The monoisotopic (exact) mass is 252 g/mol. The van der Waals surface area contributed by atoms with Crippen LogP contribution in [0.2, 0.25) is 0 Å². The minimum Gasteiger partial charge on any atom is -0.354 e. The molecule has 1 atom stereocenters. The summed E-state index contributed by atoms with van der Waals surface area (Å²) < 4.78 is 0. The highest BCUT2D eigenvalue weighted by Crippen LogP contribution is 2.32. The Bertz CT molecular complexity index is 264. The molecule has 3 nitrogen and oxygen atoms in total. The first-order chi connectivity index (χ1) is 8.66. The highest BCUT2D eigenvalue weighted by molar-refractivity contribution is 5.81. The van der Waals surface area contributed by atoms with Crippen molar-refractivity contribution in [2.45, 2.75) is 58.4 Å². The van der Waals surface area contributed by atoms with E-state index in [0.29, 0.717) is 5.92 Å². The van der Waals surface area contributed by atoms with E-state index >= 15 is 0 Å². The second kappa shape index (κ2) is 6.55. The number of amides is 1. The van der Waals surface area contributed by atoms with Crippen LogP contribution in [0.3, 0.4) is 0 Å². The molecular weight excluding hydrogens is 224 g/mol. The summed E-state index contributed by atoms with van der Waals surface area (Å²) in [6, 6.07) is 0.0806. The molecule has 1 amide bonds. The SMILES string of the molecule is CC(C)C1CCC(CNC(=O)C2CCCN2)CC1. The van der Waals surface area contributed by atoms with Gasteiger partial charge in [0.15, 0.2) is 0 Å². The first-order valence-corrected chi connectivity index (χ1v) is 7.68. The lowest BCUT2D eigenvalue weighted by Gasteiger charge is -2.31. The van der Waals surface area contributed by atoms with Gasteiger partial charge in [-0.2, -0.15) is 0 Å². The fourth-order valence-corrected chi connectivity index (χ4v) is 3.34. The van der Waals surface area contributed by atoms with Gasteiger partial charge in [-0.15, -0.1) is 0 Å². The van der Waals surface area contributed by atoms with Crippen LogP contribution in [0, 0.1) is 17.8 Å². The van der Waals surface area contributed by atoms with Crippen molar-refractivity contribution in [1.29, 1.82) is 0 Å². The summed E-state index contributed by atoms with van der Waals surface area (Å²) in [5, 5.41) is 6.39. The van der Waals surface area contributed by atoms with E-state index in [1.54, 1.807) is 0 Å². The van der Waals surface area contributed by atoms with E-state index in [-0.39, 0.29) is 11.9 Å². The molecule has 0 aromatic rings. The van der Waals surface area contributed by atoms with E-state index in [9.17, 15) is 4.79 Å². The Labute approximate surface area is 111 Å². The maximum Gasteiger partial charge on any atom is 0.237 e. The lowest BCUT2D eigenvalue weighted by molar-refractivity contribution is -0.123. The molecule has 1 aliphatic heterocycles. The molecule has 1 saturated carbocycles. The molecule has 2 aliphatic rings. The van der Waals surface area contributed by atoms with E-state index < -0.39 is 0 Å². The summed E-state index contributed by atoms with van der Waals surface area (Å²) in [4.78, 5) is 11.9. The first kappa shape index (κ1) is 13.9. The summed E-state index contributed by atoms with van der Waals surface area (Å²) >= 11 is 0. The van der Waals surface area contributed by atoms with Gasteiger partial charge in [0.25, 0.3) is 0 Å². The maximum absolute atomic E-state index is 11.9. The van der Waals surface area contributed by atoms with E-state index in [2.05, 4.69) is 24.5 Å². The van der Waals surface area contributed by atoms with Crippen molar-refractivity contribution < 1.29 is 4.79 Å². The minimum absolute atomic E-state index is 0.0806. The first-order valence-electron chi connectivity index (χ1n) is 7.68. The molecule has 1 unspecified atom stereocenters. The fourth-order valence-electron chi connectivity index (χ4n) is 3.34. The normalized spacial score (nSPS) is 32.7. The third-order valence-corrected chi connectivity index (χ3v) is 4.78. The summed E-state index contributed by atoms with van der Waals surface area (Å²) in [5.74, 6) is 2.67. The lowest BCUT2D eigenvalue weighted by Crippen LogP contribution is -2.42. The van der Waals surface area contributed by atoms with Crippen LogP contribution in [-0.4, -0.2) is 25.0 Å². The molecule has 18 heavy (non-hydrogen) atoms. The van der Waals surface area contributed by atoms with E-state index in [1.165, 1.54) is 25.7 Å². The van der Waals surface area contributed by atoms with Crippen LogP contribution in [0.5, 0.6) is 0 Å². The van der Waals surface area contributed by atoms with Crippen molar-refractivity contribution in [3.05, 3.63) is 0 Å². The molecular formula is C15H28N2O. The second-order valence-corrected chi connectivity index (χ2v) is 6.42. The number of rotatable bonds is 4. The van der Waals surface area contributed by atoms with Crippen molar-refractivity contribution >= 4 is 5.91 Å². The largest absolute Gasteiger partial charge is 0.354 e. The van der Waals surface area contributed by atoms with Crippen molar-refractivity contribution in [3.8, 4) is 0 Å². The second-order valence-electron chi connectivity index (χ2n) is 6.42. The smallest absolute Gasteiger partial charge is 0.237 e. The topological polar surface area (TPSA) is 41.1 Å². The summed E-state index contributed by atoms with van der Waals surface area (Å²) in [6.07, 6.45) is 7.42. The minimum atomic E-state index is 0.0806. The molecule has 1 saturated heterocycles. The van der Waals surface area contributed by atoms with Crippen LogP contribution in [0.15, 0.2) is 0 Å². The molecule has 2 rings (SSSR count). The summed E-state index contributed by atoms with van der Waals surface area (Å²) in [6.45, 7) is 6.55. The van der Waals surface area contributed by atoms with Gasteiger partial charge >= 0.3 is 0 Å². The quantitative estimate of drug-likeness (QED) is 0.806. The van der Waals surface area contributed by atoms with Gasteiger partial charge < -0.3 is 10.6 Å². The molecule has 2 N–H and O–H groups in total. The molecule has 0 radical (unpaired) electrons. The van der Waals surface area contributed by atoms with Crippen molar-refractivity contribution in [1.82, 2.24) is 10.6 Å². The highest BCUT2D eigenvalue weighted by Gasteiger charge is 2.25. The maximum atomic E-state index is 11.9. The van der Waals surface area contributed by atoms with Gasteiger partial charge in [0.1, 0.15) is 0 Å². The van der Waals surface area contributed by atoms with Gasteiger partial charge in [0.2, 0.25) is 5.91 Å². The van der Waals surface area contributed by atoms with Crippen molar-refractivity contribution in [2.24, 2.45) is 17.8 Å². The third kappa shape index (κ3) is 3.71. The van der Waals surface area contributed by atoms with Gasteiger partial charge in [-0.25, -0.2) is 0 Å². The average molecular weight is 252 g/mol. The Balaban J connectivity index is 1.64. The lowest BCUT2D eigenvalue weighted by atomic mass is 9.77. The molecule has 1 heterocycles. The standard InChI is InChI=1S/C15H28N2O/c1-11(2)13-7-5-12(6-8-13)10-17-15(18)14-4-3-9-16-14/h11-14,16H,3-10H2,1-2H3,(H,17,18). The Morgan fingerprint density at radius 2 is 1.94 bits per heavy atom. The zero-order chi connectivity index (χ0) is 13.0. The molecule has 104 valence electrons. The Morgan fingerprint density at radius 3 is 2.50 bits per heavy atom. The van der Waals surface area contributed by atoms with E-state index in [0.717, 1.165) is 37.8 Å². The van der Waals surface area contributed by atoms with Crippen molar-refractivity contribution in [2.75, 3.05) is 13.1 Å². The number of hydrogen-bond donors (Lipinski definition) is 2. The Morgan fingerprint density at radius 1 is 1.22 bits per heavy atom. The fraction of sp³-hybridized carbons (Fsp3) is 0.933. The molecule has 0 aromatic carbocycles. The third-order valence-electron chi connectivity index (χ3n) is 4.78. The number of nitrogens with one attached hydrogen (secondary N) is 2. The molecule has 0 aromatic heterocycles. The molecule has 1 aliphatic carbocycles. The van der Waals surface area contributed by atoms with Crippen LogP contribution in [0.1, 0.15) is 52.4 Å². The van der Waals surface area contributed by atoms with Crippen LogP contribution in [0.25, 0.3) is 0 Å². The molecule has 3 heteroatoms. The zero-order valence-corrected chi connectivity index (χ0v) is 11.9. The van der Waals surface area contributed by atoms with E-state index in [4.69, 9.17) is 0 Å². The number of hydrogen-bond acceptors (Lipinski definition) is 2. The van der Waals surface area contributed by atoms with E-state index in [1.807, 2.05) is 0 Å². The van der Waals surface area contributed by atoms with Gasteiger partial charge in [-0.1, -0.05) is 13.8 Å². The zero-order valence-electron chi connectivity index (χ0n) is 11.9. The predicted octanol–water partition coefficient (Wildman–Crippen LogP) is 2.32. The van der Waals surface area contributed by atoms with Gasteiger partial charge in [0, 0.05) is 6.54 Å². The number of carbonyl (C=O) groups excluding carboxylic acids is 1. The Hall–Kier alpha value is -0.570. The highest BCUT2D eigenvalue weighted by atomic mass is 16.2. The molecule has 0 bridgehead atoms. The van der Waals surface area contributed by atoms with Crippen molar-refractivity contribution in [3.63, 3.8) is 0 Å². The van der Waals surface area contributed by atoms with Gasteiger partial charge in [-0.05, 0) is 62.8 Å². The Kier molecular flexibility index (Phi) is 5.04. The van der Waals surface area contributed by atoms with Crippen LogP contribution in [0.4, 0.5) is 0 Å². The van der Waals surface area contributed by atoms with Gasteiger partial charge in [0.05, 0.1) is 6.04 Å².